The Labute approximate surface area is 129 Å². The normalized spacial score (nSPS) is 12.2. The smallest absolute Gasteiger partial charge is 0.328 e. The number of ether oxygens (including phenoxy) is 1. The van der Waals surface area contributed by atoms with Gasteiger partial charge in [0.25, 0.3) is 0 Å². The number of thioether (sulfide) groups is 1. The number of benzene rings is 1. The van der Waals surface area contributed by atoms with Crippen LogP contribution in [-0.2, 0) is 14.3 Å². The molecule has 0 fully saturated rings. The summed E-state index contributed by atoms with van der Waals surface area (Å²) in [6, 6.07) is 7.01. The maximum absolute atomic E-state index is 11.7. The molecule has 1 unspecified atom stereocenters. The second-order valence-electron chi connectivity index (χ2n) is 4.93. The Bertz CT molecular complexity index is 473. The third-order valence-corrected chi connectivity index (χ3v) is 3.90. The molecule has 116 valence electrons. The van der Waals surface area contributed by atoms with E-state index in [-0.39, 0.29) is 18.3 Å². The zero-order valence-corrected chi connectivity index (χ0v) is 13.3. The lowest BCUT2D eigenvalue weighted by molar-refractivity contribution is -0.142. The van der Waals surface area contributed by atoms with Crippen molar-refractivity contribution in [2.24, 2.45) is 0 Å². The molecule has 0 saturated heterocycles. The number of carboxylic acids is 1. The molecule has 0 bridgehead atoms. The second-order valence-corrected chi connectivity index (χ2v) is 5.97. The number of carbonyl (C=O) groups is 2. The van der Waals surface area contributed by atoms with Crippen LogP contribution in [0.5, 0.6) is 0 Å². The average Bonchev–Trinajstić information content (AvgIpc) is 2.45. The van der Waals surface area contributed by atoms with Crippen LogP contribution in [0.3, 0.4) is 0 Å². The number of amides is 1. The highest BCUT2D eigenvalue weighted by atomic mass is 32.2. The molecule has 1 aromatic rings. The fourth-order valence-electron chi connectivity index (χ4n) is 1.68. The second kappa shape index (κ2) is 8.69. The SMILES string of the molecule is COCC(NC(=O)CSc1ccc(C(C)C)cc1)C(=O)O. The number of hydrogen-bond acceptors (Lipinski definition) is 4. The predicted octanol–water partition coefficient (Wildman–Crippen LogP) is 2.12. The van der Waals surface area contributed by atoms with Crippen molar-refractivity contribution in [3.05, 3.63) is 29.8 Å². The summed E-state index contributed by atoms with van der Waals surface area (Å²) >= 11 is 1.37. The first-order valence-electron chi connectivity index (χ1n) is 6.68. The molecule has 2 N–H and O–H groups in total. The molecule has 0 spiro atoms. The summed E-state index contributed by atoms with van der Waals surface area (Å²) in [5.41, 5.74) is 1.25. The van der Waals surface area contributed by atoms with Gasteiger partial charge in [-0.05, 0) is 23.6 Å². The molecule has 0 radical (unpaired) electrons. The number of rotatable bonds is 8. The van der Waals surface area contributed by atoms with Crippen molar-refractivity contribution in [1.82, 2.24) is 5.32 Å². The number of carboxylic acid groups (broad SMARTS) is 1. The fraction of sp³-hybridized carbons (Fsp3) is 0.467. The number of nitrogens with one attached hydrogen (secondary N) is 1. The molecule has 1 rings (SSSR count). The van der Waals surface area contributed by atoms with E-state index in [0.29, 0.717) is 5.92 Å². The van der Waals surface area contributed by atoms with E-state index in [4.69, 9.17) is 9.84 Å². The highest BCUT2D eigenvalue weighted by Gasteiger charge is 2.19. The Morgan fingerprint density at radius 3 is 2.38 bits per heavy atom. The van der Waals surface area contributed by atoms with Crippen LogP contribution in [0, 0.1) is 0 Å². The van der Waals surface area contributed by atoms with Crippen LogP contribution in [0.2, 0.25) is 0 Å². The number of methoxy groups -OCH3 is 1. The zero-order valence-electron chi connectivity index (χ0n) is 12.5. The molecule has 0 saturated carbocycles. The topological polar surface area (TPSA) is 75.6 Å². The average molecular weight is 311 g/mol. The van der Waals surface area contributed by atoms with Gasteiger partial charge in [0.15, 0.2) is 6.04 Å². The van der Waals surface area contributed by atoms with Gasteiger partial charge in [0.2, 0.25) is 5.91 Å². The lowest BCUT2D eigenvalue weighted by Crippen LogP contribution is -2.44. The summed E-state index contributed by atoms with van der Waals surface area (Å²) in [6.07, 6.45) is 0. The summed E-state index contributed by atoms with van der Waals surface area (Å²) in [5.74, 6) is -0.777. The van der Waals surface area contributed by atoms with Crippen molar-refractivity contribution in [2.45, 2.75) is 30.7 Å². The Kier molecular flexibility index (Phi) is 7.25. The van der Waals surface area contributed by atoms with Crippen molar-refractivity contribution in [3.8, 4) is 0 Å². The molecule has 6 heteroatoms. The summed E-state index contributed by atoms with van der Waals surface area (Å²) in [4.78, 5) is 23.6. The fourth-order valence-corrected chi connectivity index (χ4v) is 2.38. The molecule has 1 aromatic carbocycles. The van der Waals surface area contributed by atoms with Crippen LogP contribution >= 0.6 is 11.8 Å². The first kappa shape index (κ1) is 17.5. The van der Waals surface area contributed by atoms with Gasteiger partial charge in [0.05, 0.1) is 12.4 Å². The minimum atomic E-state index is -1.10. The Balaban J connectivity index is 2.46. The van der Waals surface area contributed by atoms with Gasteiger partial charge in [-0.15, -0.1) is 11.8 Å². The number of aliphatic carboxylic acids is 1. The molecule has 0 aliphatic rings. The van der Waals surface area contributed by atoms with Crippen molar-refractivity contribution in [1.29, 1.82) is 0 Å². The van der Waals surface area contributed by atoms with Gasteiger partial charge in [-0.1, -0.05) is 26.0 Å². The molecule has 0 heterocycles. The zero-order chi connectivity index (χ0) is 15.8. The molecule has 0 aliphatic heterocycles. The lowest BCUT2D eigenvalue weighted by atomic mass is 10.0. The van der Waals surface area contributed by atoms with Gasteiger partial charge in [-0.3, -0.25) is 4.79 Å². The maximum Gasteiger partial charge on any atom is 0.328 e. The summed E-state index contributed by atoms with van der Waals surface area (Å²) in [6.45, 7) is 4.20. The summed E-state index contributed by atoms with van der Waals surface area (Å²) in [7, 11) is 1.40. The minimum absolute atomic E-state index is 0.0468. The molecule has 0 aliphatic carbocycles. The Hall–Kier alpha value is -1.53. The largest absolute Gasteiger partial charge is 0.480 e. The monoisotopic (exact) mass is 311 g/mol. The van der Waals surface area contributed by atoms with Gasteiger partial charge in [0.1, 0.15) is 0 Å². The van der Waals surface area contributed by atoms with Crippen molar-refractivity contribution in [2.75, 3.05) is 19.5 Å². The third kappa shape index (κ3) is 6.18. The maximum atomic E-state index is 11.7. The molecule has 21 heavy (non-hydrogen) atoms. The van der Waals surface area contributed by atoms with Crippen molar-refractivity contribution < 1.29 is 19.4 Å². The minimum Gasteiger partial charge on any atom is -0.480 e. The van der Waals surface area contributed by atoms with Crippen molar-refractivity contribution >= 4 is 23.6 Å². The molecule has 1 amide bonds. The van der Waals surface area contributed by atoms with Crippen LogP contribution in [-0.4, -0.2) is 42.5 Å². The Morgan fingerprint density at radius 2 is 1.90 bits per heavy atom. The number of hydrogen-bond donors (Lipinski definition) is 2. The van der Waals surface area contributed by atoms with Crippen LogP contribution in [0.25, 0.3) is 0 Å². The predicted molar refractivity (Wildman–Crippen MR) is 82.7 cm³/mol. The van der Waals surface area contributed by atoms with Gasteiger partial charge in [-0.2, -0.15) is 0 Å². The molecule has 1 atom stereocenters. The lowest BCUT2D eigenvalue weighted by Gasteiger charge is -2.13. The summed E-state index contributed by atoms with van der Waals surface area (Å²) in [5, 5.41) is 11.4. The van der Waals surface area contributed by atoms with E-state index in [1.165, 1.54) is 24.4 Å². The van der Waals surface area contributed by atoms with Crippen LogP contribution in [0.15, 0.2) is 29.2 Å². The van der Waals surface area contributed by atoms with Gasteiger partial charge in [0, 0.05) is 12.0 Å². The van der Waals surface area contributed by atoms with E-state index in [9.17, 15) is 9.59 Å². The van der Waals surface area contributed by atoms with E-state index >= 15 is 0 Å². The molecular weight excluding hydrogens is 290 g/mol. The third-order valence-electron chi connectivity index (χ3n) is 2.88. The first-order valence-corrected chi connectivity index (χ1v) is 7.66. The highest BCUT2D eigenvalue weighted by molar-refractivity contribution is 8.00. The van der Waals surface area contributed by atoms with Crippen molar-refractivity contribution in [3.63, 3.8) is 0 Å². The van der Waals surface area contributed by atoms with Gasteiger partial charge < -0.3 is 15.2 Å². The van der Waals surface area contributed by atoms with Gasteiger partial charge in [-0.25, -0.2) is 4.79 Å². The van der Waals surface area contributed by atoms with Gasteiger partial charge >= 0.3 is 5.97 Å². The Morgan fingerprint density at radius 1 is 1.29 bits per heavy atom. The van der Waals surface area contributed by atoms with Crippen LogP contribution in [0.4, 0.5) is 0 Å². The van der Waals surface area contributed by atoms with Crippen LogP contribution in [0.1, 0.15) is 25.3 Å². The van der Waals surface area contributed by atoms with E-state index < -0.39 is 12.0 Å². The van der Waals surface area contributed by atoms with E-state index in [0.717, 1.165) is 4.90 Å². The first-order chi connectivity index (χ1) is 9.93. The molecule has 0 aromatic heterocycles. The summed E-state index contributed by atoms with van der Waals surface area (Å²) < 4.78 is 4.76. The molecule has 5 nitrogen and oxygen atoms in total. The van der Waals surface area contributed by atoms with Crippen LogP contribution < -0.4 is 5.32 Å². The molecular formula is C15H21NO4S. The standard InChI is InChI=1S/C15H21NO4S/c1-10(2)11-4-6-12(7-5-11)21-9-14(17)16-13(8-20-3)15(18)19/h4-7,10,13H,8-9H2,1-3H3,(H,16,17)(H,18,19). The quantitative estimate of drug-likeness (QED) is 0.719. The van der Waals surface area contributed by atoms with E-state index in [1.807, 2.05) is 24.3 Å². The highest BCUT2D eigenvalue weighted by Crippen LogP contribution is 2.21. The van der Waals surface area contributed by atoms with E-state index in [1.54, 1.807) is 0 Å². The van der Waals surface area contributed by atoms with E-state index in [2.05, 4.69) is 19.2 Å². The number of carbonyl (C=O) groups excluding carboxylic acids is 1.